The number of fused-ring (bicyclic) bond motifs is 1. The van der Waals surface area contributed by atoms with Crippen LogP contribution in [0.3, 0.4) is 0 Å². The largest absolute Gasteiger partial charge is 0.454 e. The van der Waals surface area contributed by atoms with Gasteiger partial charge in [-0.15, -0.1) is 10.2 Å². The minimum absolute atomic E-state index is 0.0365. The van der Waals surface area contributed by atoms with Crippen molar-refractivity contribution in [3.8, 4) is 28.6 Å². The first-order chi connectivity index (χ1) is 16.6. The van der Waals surface area contributed by atoms with E-state index in [9.17, 15) is 14.9 Å². The summed E-state index contributed by atoms with van der Waals surface area (Å²) in [5.74, 6) is 1.60. The molecule has 1 amide bonds. The Morgan fingerprint density at radius 2 is 1.85 bits per heavy atom. The molecule has 0 saturated carbocycles. The molecule has 0 unspecified atom stereocenters. The number of amides is 1. The van der Waals surface area contributed by atoms with Gasteiger partial charge in [0.25, 0.3) is 5.69 Å². The van der Waals surface area contributed by atoms with Crippen molar-refractivity contribution in [2.45, 2.75) is 5.16 Å². The van der Waals surface area contributed by atoms with Crippen LogP contribution in [0.1, 0.15) is 0 Å². The molecule has 3 aromatic carbocycles. The van der Waals surface area contributed by atoms with Gasteiger partial charge in [-0.05, 0) is 36.4 Å². The van der Waals surface area contributed by atoms with E-state index in [-0.39, 0.29) is 24.1 Å². The number of anilines is 1. The SMILES string of the molecule is O=C(CSc1nnc(-c2ccc3c(c2)OCO3)n1-c1ccccc1)Nc1cccc([N+](=O)[O-])c1. The third kappa shape index (κ3) is 4.41. The minimum atomic E-state index is -0.510. The van der Waals surface area contributed by atoms with Crippen LogP contribution in [-0.2, 0) is 4.79 Å². The zero-order valence-electron chi connectivity index (χ0n) is 17.6. The second-order valence-corrected chi connectivity index (χ2v) is 8.13. The second-order valence-electron chi connectivity index (χ2n) is 7.19. The Hall–Kier alpha value is -4.38. The topological polar surface area (TPSA) is 121 Å². The number of rotatable bonds is 7. The van der Waals surface area contributed by atoms with Crippen molar-refractivity contribution in [2.75, 3.05) is 17.9 Å². The predicted octanol–water partition coefficient (Wildman–Crippen LogP) is 4.30. The van der Waals surface area contributed by atoms with Gasteiger partial charge in [-0.25, -0.2) is 0 Å². The van der Waals surface area contributed by atoms with Gasteiger partial charge >= 0.3 is 0 Å². The van der Waals surface area contributed by atoms with E-state index in [1.165, 1.54) is 30.0 Å². The first kappa shape index (κ1) is 21.5. The Morgan fingerprint density at radius 1 is 1.03 bits per heavy atom. The fourth-order valence-corrected chi connectivity index (χ4v) is 4.17. The quantitative estimate of drug-likeness (QED) is 0.239. The highest BCUT2D eigenvalue weighted by atomic mass is 32.2. The van der Waals surface area contributed by atoms with Crippen molar-refractivity contribution in [2.24, 2.45) is 0 Å². The Labute approximate surface area is 197 Å². The van der Waals surface area contributed by atoms with Crippen molar-refractivity contribution >= 4 is 29.0 Å². The summed E-state index contributed by atoms with van der Waals surface area (Å²) >= 11 is 1.21. The van der Waals surface area contributed by atoms with Crippen LogP contribution in [0, 0.1) is 10.1 Å². The van der Waals surface area contributed by atoms with Gasteiger partial charge in [0.1, 0.15) is 0 Å². The van der Waals surface area contributed by atoms with E-state index < -0.39 is 4.92 Å². The van der Waals surface area contributed by atoms with Crippen molar-refractivity contribution < 1.29 is 19.2 Å². The molecule has 1 aliphatic heterocycles. The molecule has 170 valence electrons. The highest BCUT2D eigenvalue weighted by Gasteiger charge is 2.20. The number of aromatic nitrogens is 3. The monoisotopic (exact) mass is 475 g/mol. The van der Waals surface area contributed by atoms with Gasteiger partial charge in [-0.3, -0.25) is 19.5 Å². The summed E-state index contributed by atoms with van der Waals surface area (Å²) in [6.45, 7) is 0.172. The van der Waals surface area contributed by atoms with Crippen LogP contribution in [-0.4, -0.2) is 38.1 Å². The lowest BCUT2D eigenvalue weighted by Crippen LogP contribution is -2.14. The lowest BCUT2D eigenvalue weighted by Gasteiger charge is -2.11. The van der Waals surface area contributed by atoms with Crippen molar-refractivity contribution in [1.29, 1.82) is 0 Å². The maximum Gasteiger partial charge on any atom is 0.271 e. The number of thioether (sulfide) groups is 1. The van der Waals surface area contributed by atoms with E-state index in [2.05, 4.69) is 15.5 Å². The zero-order chi connectivity index (χ0) is 23.5. The molecule has 5 rings (SSSR count). The molecule has 0 bridgehead atoms. The molecule has 0 aliphatic carbocycles. The van der Waals surface area contributed by atoms with Crippen molar-refractivity contribution in [1.82, 2.24) is 14.8 Å². The number of nitrogens with one attached hydrogen (secondary N) is 1. The summed E-state index contributed by atoms with van der Waals surface area (Å²) in [7, 11) is 0. The van der Waals surface area contributed by atoms with Gasteiger partial charge in [-0.1, -0.05) is 36.0 Å². The molecule has 0 fully saturated rings. The zero-order valence-corrected chi connectivity index (χ0v) is 18.4. The lowest BCUT2D eigenvalue weighted by atomic mass is 10.2. The van der Waals surface area contributed by atoms with Crippen LogP contribution in [0.2, 0.25) is 0 Å². The number of carbonyl (C=O) groups is 1. The van der Waals surface area contributed by atoms with E-state index >= 15 is 0 Å². The number of hydrogen-bond donors (Lipinski definition) is 1. The number of non-ortho nitro benzene ring substituents is 1. The maximum absolute atomic E-state index is 12.5. The summed E-state index contributed by atoms with van der Waals surface area (Å²) in [6.07, 6.45) is 0. The third-order valence-corrected chi connectivity index (χ3v) is 5.88. The Balaban J connectivity index is 1.39. The number of nitro groups is 1. The average molecular weight is 475 g/mol. The van der Waals surface area contributed by atoms with Crippen LogP contribution < -0.4 is 14.8 Å². The third-order valence-electron chi connectivity index (χ3n) is 4.95. The summed E-state index contributed by atoms with van der Waals surface area (Å²) in [6, 6.07) is 20.9. The number of ether oxygens (including phenoxy) is 2. The standard InChI is InChI=1S/C23H17N5O5S/c29-21(24-16-5-4-8-18(12-16)28(30)31)13-34-23-26-25-22(27(23)17-6-2-1-3-7-17)15-9-10-19-20(11-15)33-14-32-19/h1-12H,13-14H2,(H,24,29). The van der Waals surface area contributed by atoms with E-state index in [0.29, 0.717) is 28.2 Å². The Bertz CT molecular complexity index is 1380. The molecular formula is C23H17N5O5S. The van der Waals surface area contributed by atoms with Gasteiger partial charge < -0.3 is 14.8 Å². The van der Waals surface area contributed by atoms with Crippen LogP contribution in [0.15, 0.2) is 78.0 Å². The number of nitro benzene ring substituents is 1. The summed E-state index contributed by atoms with van der Waals surface area (Å²) < 4.78 is 12.7. The van der Waals surface area contributed by atoms with Crippen LogP contribution in [0.4, 0.5) is 11.4 Å². The fraction of sp³-hybridized carbons (Fsp3) is 0.0870. The van der Waals surface area contributed by atoms with E-state index in [1.807, 2.05) is 53.1 Å². The first-order valence-corrected chi connectivity index (χ1v) is 11.1. The van der Waals surface area contributed by atoms with E-state index in [1.54, 1.807) is 6.07 Å². The summed E-state index contributed by atoms with van der Waals surface area (Å²) in [5, 5.41) is 22.8. The van der Waals surface area contributed by atoms with Crippen LogP contribution in [0.5, 0.6) is 11.5 Å². The van der Waals surface area contributed by atoms with Gasteiger partial charge in [0.05, 0.1) is 10.7 Å². The Kier molecular flexibility index (Phi) is 5.83. The Morgan fingerprint density at radius 3 is 2.68 bits per heavy atom. The van der Waals surface area contributed by atoms with Crippen LogP contribution >= 0.6 is 11.8 Å². The highest BCUT2D eigenvalue weighted by molar-refractivity contribution is 7.99. The number of para-hydroxylation sites is 1. The molecule has 0 saturated heterocycles. The molecule has 10 nitrogen and oxygen atoms in total. The van der Waals surface area contributed by atoms with Gasteiger partial charge in [0, 0.05) is 29.1 Å². The fourth-order valence-electron chi connectivity index (χ4n) is 3.42. The number of benzene rings is 3. The molecule has 2 heterocycles. The normalized spacial score (nSPS) is 11.9. The molecule has 0 radical (unpaired) electrons. The summed E-state index contributed by atoms with van der Waals surface area (Å²) in [5.41, 5.74) is 1.88. The van der Waals surface area contributed by atoms with Gasteiger partial charge in [0.2, 0.25) is 12.7 Å². The van der Waals surface area contributed by atoms with E-state index in [0.717, 1.165) is 11.3 Å². The van der Waals surface area contributed by atoms with Crippen molar-refractivity contribution in [3.63, 3.8) is 0 Å². The molecule has 1 aliphatic rings. The molecular weight excluding hydrogens is 458 g/mol. The molecule has 34 heavy (non-hydrogen) atoms. The molecule has 4 aromatic rings. The summed E-state index contributed by atoms with van der Waals surface area (Å²) in [4.78, 5) is 23.0. The lowest BCUT2D eigenvalue weighted by molar-refractivity contribution is -0.384. The van der Waals surface area contributed by atoms with Crippen LogP contribution in [0.25, 0.3) is 17.1 Å². The average Bonchev–Trinajstić information content (AvgIpc) is 3.50. The number of carbonyl (C=O) groups excluding carboxylic acids is 1. The first-order valence-electron chi connectivity index (χ1n) is 10.2. The maximum atomic E-state index is 12.5. The van der Waals surface area contributed by atoms with Crippen molar-refractivity contribution in [3.05, 3.63) is 82.9 Å². The smallest absolute Gasteiger partial charge is 0.271 e. The highest BCUT2D eigenvalue weighted by Crippen LogP contribution is 2.37. The minimum Gasteiger partial charge on any atom is -0.454 e. The molecule has 11 heteroatoms. The molecule has 1 aromatic heterocycles. The predicted molar refractivity (Wildman–Crippen MR) is 125 cm³/mol. The number of hydrogen-bond acceptors (Lipinski definition) is 8. The molecule has 0 spiro atoms. The van der Waals surface area contributed by atoms with E-state index in [4.69, 9.17) is 9.47 Å². The molecule has 0 atom stereocenters. The van der Waals surface area contributed by atoms with Gasteiger partial charge in [0.15, 0.2) is 22.5 Å². The number of nitrogens with zero attached hydrogens (tertiary/aromatic N) is 4. The second kappa shape index (κ2) is 9.24. The molecule has 1 N–H and O–H groups in total. The van der Waals surface area contributed by atoms with Gasteiger partial charge in [-0.2, -0.15) is 0 Å².